The fourth-order valence-electron chi connectivity index (χ4n) is 5.55. The fraction of sp³-hybridized carbons (Fsp3) is 0.667. The molecule has 1 atom stereocenters. The van der Waals surface area contributed by atoms with Crippen molar-refractivity contribution in [1.82, 2.24) is 0 Å². The monoisotopic (exact) mass is 578 g/mol. The maximum atomic E-state index is 12.4. The Morgan fingerprint density at radius 1 is 0.548 bits per heavy atom. The van der Waals surface area contributed by atoms with Gasteiger partial charge < -0.3 is 9.47 Å². The molecule has 0 aliphatic rings. The van der Waals surface area contributed by atoms with Gasteiger partial charge in [0.2, 0.25) is 0 Å². The van der Waals surface area contributed by atoms with Gasteiger partial charge in [0.1, 0.15) is 11.9 Å². The van der Waals surface area contributed by atoms with Crippen LogP contribution < -0.4 is 4.74 Å². The molecule has 1 unspecified atom stereocenters. The normalized spacial score (nSPS) is 11.9. The summed E-state index contributed by atoms with van der Waals surface area (Å²) in [5, 5.41) is 0. The van der Waals surface area contributed by atoms with Gasteiger partial charge in [-0.15, -0.1) is 0 Å². The second-order valence-corrected chi connectivity index (χ2v) is 12.2. The molecule has 0 saturated carbocycles. The lowest BCUT2D eigenvalue weighted by molar-refractivity contribution is -0.148. The molecule has 0 spiro atoms. The van der Waals surface area contributed by atoms with Gasteiger partial charge in [-0.1, -0.05) is 166 Å². The molecule has 0 fully saturated rings. The smallest absolute Gasteiger partial charge is 0.306 e. The van der Waals surface area contributed by atoms with Gasteiger partial charge in [-0.3, -0.25) is 4.79 Å². The Balaban J connectivity index is 1.56. The maximum absolute atomic E-state index is 12.4. The minimum Gasteiger partial charge on any atom is -0.494 e. The van der Waals surface area contributed by atoms with Crippen molar-refractivity contribution in [2.75, 3.05) is 6.61 Å². The van der Waals surface area contributed by atoms with E-state index in [0.29, 0.717) is 6.42 Å². The van der Waals surface area contributed by atoms with Gasteiger partial charge in [0.05, 0.1) is 6.61 Å². The van der Waals surface area contributed by atoms with Crippen molar-refractivity contribution in [2.45, 2.75) is 162 Å². The number of unbranched alkanes of at least 4 members (excludes halogenated alkanes) is 18. The third kappa shape index (κ3) is 17.0. The lowest BCUT2D eigenvalue weighted by atomic mass is 10.0. The summed E-state index contributed by atoms with van der Waals surface area (Å²) in [6.45, 7) is 7.29. The van der Waals surface area contributed by atoms with Crippen molar-refractivity contribution in [3.8, 4) is 16.9 Å². The first-order chi connectivity index (χ1) is 20.6. The number of carbonyl (C=O) groups excluding carboxylic acids is 1. The Morgan fingerprint density at radius 3 is 1.43 bits per heavy atom. The van der Waals surface area contributed by atoms with Crippen LogP contribution in [-0.4, -0.2) is 12.6 Å². The van der Waals surface area contributed by atoms with E-state index in [4.69, 9.17) is 9.47 Å². The Labute approximate surface area is 259 Å². The molecule has 3 heteroatoms. The van der Waals surface area contributed by atoms with Crippen LogP contribution in [0.2, 0.25) is 0 Å². The zero-order valence-corrected chi connectivity index (χ0v) is 27.5. The summed E-state index contributed by atoms with van der Waals surface area (Å²) in [6.07, 6.45) is 26.4. The number of hydrogen-bond donors (Lipinski definition) is 0. The Bertz CT molecular complexity index is 902. The van der Waals surface area contributed by atoms with Crippen LogP contribution in [0, 0.1) is 0 Å². The first-order valence-corrected chi connectivity index (χ1v) is 17.7. The summed E-state index contributed by atoms with van der Waals surface area (Å²) in [7, 11) is 0. The van der Waals surface area contributed by atoms with Crippen molar-refractivity contribution >= 4 is 5.97 Å². The zero-order chi connectivity index (χ0) is 30.1. The molecule has 0 radical (unpaired) electrons. The van der Waals surface area contributed by atoms with Crippen LogP contribution in [0.1, 0.15) is 167 Å². The number of benzene rings is 2. The van der Waals surface area contributed by atoms with Gasteiger partial charge in [0.25, 0.3) is 0 Å². The first-order valence-electron chi connectivity index (χ1n) is 17.7. The average molecular weight is 579 g/mol. The minimum atomic E-state index is -0.226. The van der Waals surface area contributed by atoms with Gasteiger partial charge in [0, 0.05) is 6.42 Å². The lowest BCUT2D eigenvalue weighted by Crippen LogP contribution is -2.08. The molecule has 42 heavy (non-hydrogen) atoms. The summed E-state index contributed by atoms with van der Waals surface area (Å²) >= 11 is 0. The summed E-state index contributed by atoms with van der Waals surface area (Å²) in [5.74, 6) is 0.855. The molecule has 0 aliphatic heterocycles. The quantitative estimate of drug-likeness (QED) is 0.0822. The molecule has 0 heterocycles. The Morgan fingerprint density at radius 2 is 0.952 bits per heavy atom. The van der Waals surface area contributed by atoms with Crippen molar-refractivity contribution in [3.63, 3.8) is 0 Å². The van der Waals surface area contributed by atoms with E-state index in [1.807, 2.05) is 6.92 Å². The molecule has 0 aromatic heterocycles. The number of carbonyl (C=O) groups is 1. The van der Waals surface area contributed by atoms with Crippen LogP contribution in [0.5, 0.6) is 5.75 Å². The van der Waals surface area contributed by atoms with Gasteiger partial charge in [0.15, 0.2) is 0 Å². The number of ether oxygens (including phenoxy) is 2. The van der Waals surface area contributed by atoms with E-state index >= 15 is 0 Å². The van der Waals surface area contributed by atoms with Gasteiger partial charge in [-0.05, 0) is 48.6 Å². The van der Waals surface area contributed by atoms with E-state index in [1.54, 1.807) is 0 Å². The number of rotatable bonds is 26. The Hall–Kier alpha value is -2.29. The van der Waals surface area contributed by atoms with Gasteiger partial charge in [-0.25, -0.2) is 0 Å². The van der Waals surface area contributed by atoms with Crippen molar-refractivity contribution in [2.24, 2.45) is 0 Å². The zero-order valence-electron chi connectivity index (χ0n) is 27.5. The van der Waals surface area contributed by atoms with E-state index in [2.05, 4.69) is 62.4 Å². The van der Waals surface area contributed by atoms with Crippen LogP contribution in [0.25, 0.3) is 11.1 Å². The average Bonchev–Trinajstić information content (AvgIpc) is 3.01. The molecule has 2 rings (SSSR count). The number of esters is 1. The SMILES string of the molecule is CCCCCCCCCCCCCCC(=O)OC(C)c1ccc(-c2ccc(OCCCCCCCCCC)cc2)cc1. The third-order valence-corrected chi connectivity index (χ3v) is 8.38. The van der Waals surface area contributed by atoms with Crippen LogP contribution in [0.3, 0.4) is 0 Å². The van der Waals surface area contributed by atoms with E-state index in [0.717, 1.165) is 48.3 Å². The number of hydrogen-bond acceptors (Lipinski definition) is 3. The van der Waals surface area contributed by atoms with E-state index in [9.17, 15) is 4.79 Å². The van der Waals surface area contributed by atoms with Crippen molar-refractivity contribution < 1.29 is 14.3 Å². The predicted octanol–water partition coefficient (Wildman–Crippen LogP) is 12.6. The Kier molecular flexibility index (Phi) is 20.7. The van der Waals surface area contributed by atoms with Gasteiger partial charge >= 0.3 is 5.97 Å². The highest BCUT2D eigenvalue weighted by Crippen LogP contribution is 2.26. The van der Waals surface area contributed by atoms with E-state index in [1.165, 1.54) is 109 Å². The highest BCUT2D eigenvalue weighted by atomic mass is 16.5. The van der Waals surface area contributed by atoms with Crippen LogP contribution in [0.4, 0.5) is 0 Å². The summed E-state index contributed by atoms with van der Waals surface area (Å²) < 4.78 is 11.7. The molecule has 0 N–H and O–H groups in total. The van der Waals surface area contributed by atoms with Crippen LogP contribution in [0.15, 0.2) is 48.5 Å². The molecule has 0 amide bonds. The summed E-state index contributed by atoms with van der Waals surface area (Å²) in [4.78, 5) is 12.4. The second kappa shape index (κ2) is 24.2. The topological polar surface area (TPSA) is 35.5 Å². The van der Waals surface area contributed by atoms with Crippen LogP contribution in [-0.2, 0) is 9.53 Å². The van der Waals surface area contributed by atoms with Gasteiger partial charge in [-0.2, -0.15) is 0 Å². The highest BCUT2D eigenvalue weighted by molar-refractivity contribution is 5.70. The van der Waals surface area contributed by atoms with Crippen molar-refractivity contribution in [3.05, 3.63) is 54.1 Å². The predicted molar refractivity (Wildman–Crippen MR) is 180 cm³/mol. The molecular weight excluding hydrogens is 516 g/mol. The lowest BCUT2D eigenvalue weighted by Gasteiger charge is -2.14. The standard InChI is InChI=1S/C39H62O3/c1-4-6-8-10-12-14-15-16-17-18-20-22-24-39(40)42-34(3)35-25-27-36(28-26-35)37-29-31-38(32-30-37)41-33-23-21-19-13-11-9-7-5-2/h25-32,34H,4-24,33H2,1-3H3. The van der Waals surface area contributed by atoms with Crippen LogP contribution >= 0.6 is 0 Å². The molecule has 2 aromatic rings. The second-order valence-electron chi connectivity index (χ2n) is 12.2. The van der Waals surface area contributed by atoms with E-state index in [-0.39, 0.29) is 12.1 Å². The summed E-state index contributed by atoms with van der Waals surface area (Å²) in [5.41, 5.74) is 3.35. The molecule has 0 bridgehead atoms. The van der Waals surface area contributed by atoms with E-state index < -0.39 is 0 Å². The molecule has 236 valence electrons. The first kappa shape index (κ1) is 35.9. The fourth-order valence-corrected chi connectivity index (χ4v) is 5.55. The molecule has 3 nitrogen and oxygen atoms in total. The third-order valence-electron chi connectivity index (χ3n) is 8.38. The largest absolute Gasteiger partial charge is 0.494 e. The summed E-state index contributed by atoms with van der Waals surface area (Å²) in [6, 6.07) is 16.7. The molecule has 0 saturated heterocycles. The molecular formula is C39H62O3. The highest BCUT2D eigenvalue weighted by Gasteiger charge is 2.12. The maximum Gasteiger partial charge on any atom is 0.306 e. The molecule has 0 aliphatic carbocycles. The van der Waals surface area contributed by atoms with Crippen molar-refractivity contribution in [1.29, 1.82) is 0 Å². The minimum absolute atomic E-state index is 0.0822. The molecule has 2 aromatic carbocycles.